The standard InChI is InChI=1S/C13H17NO2S/c1-9(2)10-4-5-12-11(8-10)14(6-7-16-3)13(15)17-12/h4-5,8-9H,6-7H2,1-3H3. The Balaban J connectivity index is 2.53. The monoisotopic (exact) mass is 251 g/mol. The van der Waals surface area contributed by atoms with E-state index in [2.05, 4.69) is 26.0 Å². The third-order valence-electron chi connectivity index (χ3n) is 2.88. The number of ether oxygens (including phenoxy) is 1. The summed E-state index contributed by atoms with van der Waals surface area (Å²) >= 11 is 1.30. The second-order valence-electron chi connectivity index (χ2n) is 4.39. The van der Waals surface area contributed by atoms with Gasteiger partial charge in [-0.15, -0.1) is 0 Å². The Bertz CT molecular complexity index is 568. The van der Waals surface area contributed by atoms with Gasteiger partial charge in [-0.3, -0.25) is 9.36 Å². The van der Waals surface area contributed by atoms with Crippen molar-refractivity contribution in [2.24, 2.45) is 0 Å². The Morgan fingerprint density at radius 1 is 1.41 bits per heavy atom. The highest BCUT2D eigenvalue weighted by molar-refractivity contribution is 7.16. The maximum Gasteiger partial charge on any atom is 0.308 e. The van der Waals surface area contributed by atoms with E-state index in [1.54, 1.807) is 11.7 Å². The minimum absolute atomic E-state index is 0.0953. The summed E-state index contributed by atoms with van der Waals surface area (Å²) in [5.41, 5.74) is 2.30. The first-order chi connectivity index (χ1) is 8.13. The highest BCUT2D eigenvalue weighted by Crippen LogP contribution is 2.23. The molecule has 1 aromatic heterocycles. The van der Waals surface area contributed by atoms with E-state index < -0.39 is 0 Å². The third kappa shape index (κ3) is 2.42. The minimum atomic E-state index is 0.0953. The minimum Gasteiger partial charge on any atom is -0.383 e. The molecular weight excluding hydrogens is 234 g/mol. The number of benzene rings is 1. The van der Waals surface area contributed by atoms with Crippen molar-refractivity contribution in [1.29, 1.82) is 0 Å². The van der Waals surface area contributed by atoms with Crippen molar-refractivity contribution in [2.75, 3.05) is 13.7 Å². The lowest BCUT2D eigenvalue weighted by atomic mass is 10.0. The molecule has 0 spiro atoms. The van der Waals surface area contributed by atoms with Gasteiger partial charge in [-0.05, 0) is 23.6 Å². The predicted molar refractivity (Wildman–Crippen MR) is 72.1 cm³/mol. The molecule has 0 atom stereocenters. The van der Waals surface area contributed by atoms with Crippen LogP contribution in [0.5, 0.6) is 0 Å². The maximum atomic E-state index is 11.9. The van der Waals surface area contributed by atoms with Crippen molar-refractivity contribution in [1.82, 2.24) is 4.57 Å². The summed E-state index contributed by atoms with van der Waals surface area (Å²) in [5, 5.41) is 0. The van der Waals surface area contributed by atoms with E-state index in [4.69, 9.17) is 4.74 Å². The normalized spacial score (nSPS) is 11.5. The average molecular weight is 251 g/mol. The smallest absolute Gasteiger partial charge is 0.308 e. The zero-order chi connectivity index (χ0) is 12.4. The van der Waals surface area contributed by atoms with Crippen molar-refractivity contribution < 1.29 is 4.74 Å². The van der Waals surface area contributed by atoms with E-state index in [0.29, 0.717) is 19.1 Å². The molecule has 0 saturated heterocycles. The van der Waals surface area contributed by atoms with Crippen LogP contribution in [-0.4, -0.2) is 18.3 Å². The number of thiazole rings is 1. The highest BCUT2D eigenvalue weighted by atomic mass is 32.1. The van der Waals surface area contributed by atoms with E-state index in [0.717, 1.165) is 10.2 Å². The lowest BCUT2D eigenvalue weighted by Gasteiger charge is -2.07. The molecule has 0 radical (unpaired) electrons. The molecule has 0 bridgehead atoms. The van der Waals surface area contributed by atoms with Crippen molar-refractivity contribution in [3.63, 3.8) is 0 Å². The third-order valence-corrected chi connectivity index (χ3v) is 3.84. The molecule has 0 unspecified atom stereocenters. The number of rotatable bonds is 4. The molecule has 0 saturated carbocycles. The molecule has 0 N–H and O–H groups in total. The molecule has 0 aliphatic rings. The number of aromatic nitrogens is 1. The largest absolute Gasteiger partial charge is 0.383 e. The van der Waals surface area contributed by atoms with Crippen molar-refractivity contribution in [3.8, 4) is 0 Å². The van der Waals surface area contributed by atoms with Crippen LogP contribution < -0.4 is 4.87 Å². The predicted octanol–water partition coefficient (Wildman–Crippen LogP) is 2.83. The van der Waals surface area contributed by atoms with Gasteiger partial charge in [0.05, 0.1) is 23.4 Å². The first-order valence-electron chi connectivity index (χ1n) is 5.75. The summed E-state index contributed by atoms with van der Waals surface area (Å²) in [6, 6.07) is 6.26. The number of nitrogens with zero attached hydrogens (tertiary/aromatic N) is 1. The van der Waals surface area contributed by atoms with Crippen LogP contribution in [0.2, 0.25) is 0 Å². The number of fused-ring (bicyclic) bond motifs is 1. The molecule has 1 heterocycles. The second-order valence-corrected chi connectivity index (χ2v) is 5.39. The molecule has 1 aromatic carbocycles. The lowest BCUT2D eigenvalue weighted by Crippen LogP contribution is -2.15. The first-order valence-corrected chi connectivity index (χ1v) is 6.57. The lowest BCUT2D eigenvalue weighted by molar-refractivity contribution is 0.188. The quantitative estimate of drug-likeness (QED) is 0.836. The molecule has 92 valence electrons. The molecular formula is C13H17NO2S. The van der Waals surface area contributed by atoms with Gasteiger partial charge >= 0.3 is 4.87 Å². The molecule has 3 nitrogen and oxygen atoms in total. The SMILES string of the molecule is COCCn1c(=O)sc2ccc(C(C)C)cc21. The van der Waals surface area contributed by atoms with E-state index in [1.807, 2.05) is 6.07 Å². The fraction of sp³-hybridized carbons (Fsp3) is 0.462. The molecule has 2 rings (SSSR count). The van der Waals surface area contributed by atoms with Crippen LogP contribution in [0.15, 0.2) is 23.0 Å². The summed E-state index contributed by atoms with van der Waals surface area (Å²) in [6.45, 7) is 5.50. The topological polar surface area (TPSA) is 31.2 Å². The highest BCUT2D eigenvalue weighted by Gasteiger charge is 2.09. The molecule has 0 fully saturated rings. The maximum absolute atomic E-state index is 11.9. The van der Waals surface area contributed by atoms with Crippen LogP contribution in [0, 0.1) is 0 Å². The molecule has 17 heavy (non-hydrogen) atoms. The summed E-state index contributed by atoms with van der Waals surface area (Å²) in [5.74, 6) is 0.477. The van der Waals surface area contributed by atoms with Gasteiger partial charge in [-0.2, -0.15) is 0 Å². The van der Waals surface area contributed by atoms with Gasteiger partial charge in [0.2, 0.25) is 0 Å². The van der Waals surface area contributed by atoms with E-state index >= 15 is 0 Å². The fourth-order valence-corrected chi connectivity index (χ4v) is 2.73. The van der Waals surface area contributed by atoms with E-state index in [1.165, 1.54) is 16.9 Å². The zero-order valence-corrected chi connectivity index (χ0v) is 11.2. The van der Waals surface area contributed by atoms with Gasteiger partial charge in [-0.25, -0.2) is 0 Å². The number of hydrogen-bond donors (Lipinski definition) is 0. The fourth-order valence-electron chi connectivity index (χ4n) is 1.83. The summed E-state index contributed by atoms with van der Waals surface area (Å²) in [7, 11) is 1.65. The van der Waals surface area contributed by atoms with Gasteiger partial charge in [0, 0.05) is 7.11 Å². The molecule has 0 aliphatic carbocycles. The second kappa shape index (κ2) is 5.02. The zero-order valence-electron chi connectivity index (χ0n) is 10.4. The van der Waals surface area contributed by atoms with Gasteiger partial charge < -0.3 is 4.74 Å². The number of methoxy groups -OCH3 is 1. The van der Waals surface area contributed by atoms with Crippen molar-refractivity contribution in [3.05, 3.63) is 33.4 Å². The molecule has 0 aliphatic heterocycles. The van der Waals surface area contributed by atoms with Crippen molar-refractivity contribution >= 4 is 21.6 Å². The van der Waals surface area contributed by atoms with E-state index in [9.17, 15) is 4.79 Å². The summed E-state index contributed by atoms with van der Waals surface area (Å²) in [4.78, 5) is 11.9. The van der Waals surface area contributed by atoms with Gasteiger partial charge in [0.15, 0.2) is 0 Å². The van der Waals surface area contributed by atoms with Crippen LogP contribution in [0.3, 0.4) is 0 Å². The Morgan fingerprint density at radius 3 is 2.82 bits per heavy atom. The van der Waals surface area contributed by atoms with Crippen LogP contribution in [0.25, 0.3) is 10.2 Å². The molecule has 0 amide bonds. The van der Waals surface area contributed by atoms with Crippen molar-refractivity contribution in [2.45, 2.75) is 26.3 Å². The van der Waals surface area contributed by atoms with E-state index in [-0.39, 0.29) is 4.87 Å². The average Bonchev–Trinajstić information content (AvgIpc) is 2.61. The van der Waals surface area contributed by atoms with Crippen LogP contribution in [0.4, 0.5) is 0 Å². The van der Waals surface area contributed by atoms with Crippen LogP contribution in [0.1, 0.15) is 25.3 Å². The van der Waals surface area contributed by atoms with Crippen LogP contribution >= 0.6 is 11.3 Å². The summed E-state index contributed by atoms with van der Waals surface area (Å²) in [6.07, 6.45) is 0. The van der Waals surface area contributed by atoms with Gasteiger partial charge in [0.25, 0.3) is 0 Å². The van der Waals surface area contributed by atoms with Gasteiger partial charge in [-0.1, -0.05) is 31.3 Å². The molecule has 2 aromatic rings. The molecule has 4 heteroatoms. The first kappa shape index (κ1) is 12.3. The van der Waals surface area contributed by atoms with Gasteiger partial charge in [0.1, 0.15) is 0 Å². The Morgan fingerprint density at radius 2 is 2.18 bits per heavy atom. The number of hydrogen-bond acceptors (Lipinski definition) is 3. The van der Waals surface area contributed by atoms with Crippen LogP contribution in [-0.2, 0) is 11.3 Å². The Kier molecular flexibility index (Phi) is 3.64. The summed E-state index contributed by atoms with van der Waals surface area (Å²) < 4.78 is 7.89. The Hall–Kier alpha value is -1.13. The Labute approximate surface area is 105 Å².